The number of hydrogen-bond acceptors (Lipinski definition) is 4. The number of aryl methyl sites for hydroxylation is 1. The van der Waals surface area contributed by atoms with Crippen LogP contribution in [0.2, 0.25) is 5.02 Å². The fourth-order valence-electron chi connectivity index (χ4n) is 1.33. The summed E-state index contributed by atoms with van der Waals surface area (Å²) < 4.78 is 7.07. The Hall–Kier alpha value is -2.08. The van der Waals surface area contributed by atoms with Gasteiger partial charge in [-0.2, -0.15) is 5.10 Å². The van der Waals surface area contributed by atoms with E-state index in [2.05, 4.69) is 10.1 Å². The highest BCUT2D eigenvalue weighted by molar-refractivity contribution is 6.33. The van der Waals surface area contributed by atoms with Crippen molar-refractivity contribution in [2.75, 3.05) is 0 Å². The molecule has 0 aromatic carbocycles. The van der Waals surface area contributed by atoms with Crippen LogP contribution in [0, 0.1) is 0 Å². The van der Waals surface area contributed by atoms with Gasteiger partial charge in [-0.1, -0.05) is 11.6 Å². The number of carboxylic acids is 1. The molecule has 7 heteroatoms. The maximum absolute atomic E-state index is 10.9. The number of halogens is 1. The van der Waals surface area contributed by atoms with E-state index in [-0.39, 0.29) is 16.5 Å². The van der Waals surface area contributed by atoms with E-state index < -0.39 is 5.97 Å². The van der Waals surface area contributed by atoms with Gasteiger partial charge in [0.05, 0.1) is 29.2 Å². The van der Waals surface area contributed by atoms with Crippen LogP contribution in [0.4, 0.5) is 0 Å². The Morgan fingerprint density at radius 2 is 2.33 bits per heavy atom. The standard InChI is InChI=1S/C11H10ClN3O3/c1-2-15-6-7(4-14-15)18-10-3-8(11(16)17)9(12)5-13-10/h3-6H,2H2,1H3,(H,16,17). The number of aromatic carboxylic acids is 1. The molecule has 94 valence electrons. The van der Waals surface area contributed by atoms with Crippen molar-refractivity contribution >= 4 is 17.6 Å². The summed E-state index contributed by atoms with van der Waals surface area (Å²) in [6.07, 6.45) is 4.46. The molecule has 0 radical (unpaired) electrons. The van der Waals surface area contributed by atoms with Crippen LogP contribution < -0.4 is 4.74 Å². The second-order valence-electron chi connectivity index (χ2n) is 3.44. The summed E-state index contributed by atoms with van der Waals surface area (Å²) in [5, 5.41) is 13.0. The van der Waals surface area contributed by atoms with Crippen molar-refractivity contribution in [3.05, 3.63) is 35.2 Å². The lowest BCUT2D eigenvalue weighted by molar-refractivity contribution is 0.0696. The summed E-state index contributed by atoms with van der Waals surface area (Å²) in [6, 6.07) is 1.27. The van der Waals surface area contributed by atoms with E-state index in [1.807, 2.05) is 6.92 Å². The molecule has 0 saturated heterocycles. The first-order valence-electron chi connectivity index (χ1n) is 5.19. The predicted octanol–water partition coefficient (Wildman–Crippen LogP) is 2.44. The largest absolute Gasteiger partial charge is 0.478 e. The number of ether oxygens (including phenoxy) is 1. The Kier molecular flexibility index (Phi) is 3.47. The van der Waals surface area contributed by atoms with Gasteiger partial charge in [-0.15, -0.1) is 0 Å². The summed E-state index contributed by atoms with van der Waals surface area (Å²) in [5.74, 6) is -0.480. The van der Waals surface area contributed by atoms with E-state index in [1.54, 1.807) is 10.9 Å². The van der Waals surface area contributed by atoms with Gasteiger partial charge in [-0.3, -0.25) is 4.68 Å². The normalized spacial score (nSPS) is 10.3. The Morgan fingerprint density at radius 3 is 2.94 bits per heavy atom. The lowest BCUT2D eigenvalue weighted by atomic mass is 10.3. The van der Waals surface area contributed by atoms with Gasteiger partial charge in [0, 0.05) is 12.6 Å². The summed E-state index contributed by atoms with van der Waals surface area (Å²) in [6.45, 7) is 2.66. The smallest absolute Gasteiger partial charge is 0.337 e. The third kappa shape index (κ3) is 2.60. The fraction of sp³-hybridized carbons (Fsp3) is 0.182. The van der Waals surface area contributed by atoms with Gasteiger partial charge in [0.15, 0.2) is 5.75 Å². The monoisotopic (exact) mass is 267 g/mol. The van der Waals surface area contributed by atoms with Gasteiger partial charge in [0.2, 0.25) is 5.88 Å². The second kappa shape index (κ2) is 5.05. The minimum atomic E-state index is -1.13. The number of aromatic nitrogens is 3. The predicted molar refractivity (Wildman–Crippen MR) is 64.2 cm³/mol. The van der Waals surface area contributed by atoms with Crippen LogP contribution in [0.3, 0.4) is 0 Å². The van der Waals surface area contributed by atoms with Crippen LogP contribution in [0.15, 0.2) is 24.7 Å². The third-order valence-corrected chi connectivity index (χ3v) is 2.52. The van der Waals surface area contributed by atoms with Crippen LogP contribution >= 0.6 is 11.6 Å². The topological polar surface area (TPSA) is 77.2 Å². The molecule has 0 fully saturated rings. The average molecular weight is 268 g/mol. The number of hydrogen-bond donors (Lipinski definition) is 1. The molecule has 0 spiro atoms. The van der Waals surface area contributed by atoms with Gasteiger partial charge in [-0.05, 0) is 6.92 Å². The molecule has 0 atom stereocenters. The van der Waals surface area contributed by atoms with Crippen LogP contribution in [0.25, 0.3) is 0 Å². The van der Waals surface area contributed by atoms with E-state index in [4.69, 9.17) is 21.4 Å². The van der Waals surface area contributed by atoms with Gasteiger partial charge in [0.1, 0.15) is 0 Å². The third-order valence-electron chi connectivity index (χ3n) is 2.22. The van der Waals surface area contributed by atoms with Crippen LogP contribution in [-0.2, 0) is 6.54 Å². The first-order valence-corrected chi connectivity index (χ1v) is 5.57. The molecule has 0 amide bonds. The van der Waals surface area contributed by atoms with Crippen molar-refractivity contribution < 1.29 is 14.6 Å². The minimum absolute atomic E-state index is 0.0513. The molecule has 2 heterocycles. The number of nitrogens with zero attached hydrogens (tertiary/aromatic N) is 3. The Morgan fingerprint density at radius 1 is 1.56 bits per heavy atom. The number of carbonyl (C=O) groups is 1. The summed E-state index contributed by atoms with van der Waals surface area (Å²) in [5.41, 5.74) is -0.0513. The summed E-state index contributed by atoms with van der Waals surface area (Å²) >= 11 is 5.71. The molecule has 0 aliphatic rings. The molecule has 2 aromatic rings. The molecule has 0 unspecified atom stereocenters. The SMILES string of the molecule is CCn1cc(Oc2cc(C(=O)O)c(Cl)cn2)cn1. The molecular formula is C11H10ClN3O3. The zero-order valence-corrected chi connectivity index (χ0v) is 10.3. The van der Waals surface area contributed by atoms with E-state index in [0.29, 0.717) is 5.75 Å². The first kappa shape index (κ1) is 12.4. The Bertz CT molecular complexity index is 583. The van der Waals surface area contributed by atoms with Crippen molar-refractivity contribution in [1.82, 2.24) is 14.8 Å². The molecule has 1 N–H and O–H groups in total. The van der Waals surface area contributed by atoms with Gasteiger partial charge >= 0.3 is 5.97 Å². The van der Waals surface area contributed by atoms with E-state index in [9.17, 15) is 4.79 Å². The molecule has 2 rings (SSSR count). The quantitative estimate of drug-likeness (QED) is 0.921. The van der Waals surface area contributed by atoms with Crippen LogP contribution in [-0.4, -0.2) is 25.8 Å². The maximum atomic E-state index is 10.9. The summed E-state index contributed by atoms with van der Waals surface area (Å²) in [4.78, 5) is 14.8. The van der Waals surface area contributed by atoms with Crippen molar-refractivity contribution in [1.29, 1.82) is 0 Å². The zero-order valence-electron chi connectivity index (χ0n) is 9.50. The minimum Gasteiger partial charge on any atom is -0.478 e. The first-order chi connectivity index (χ1) is 8.60. The highest BCUT2D eigenvalue weighted by atomic mass is 35.5. The lowest BCUT2D eigenvalue weighted by Crippen LogP contribution is -1.99. The van der Waals surface area contributed by atoms with Gasteiger partial charge in [-0.25, -0.2) is 9.78 Å². The van der Waals surface area contributed by atoms with E-state index >= 15 is 0 Å². The molecule has 0 aliphatic carbocycles. The van der Waals surface area contributed by atoms with Crippen molar-refractivity contribution in [3.8, 4) is 11.6 Å². The zero-order chi connectivity index (χ0) is 13.1. The maximum Gasteiger partial charge on any atom is 0.337 e. The molecule has 0 saturated carbocycles. The lowest BCUT2D eigenvalue weighted by Gasteiger charge is -2.03. The Labute approximate surface area is 108 Å². The van der Waals surface area contributed by atoms with Crippen LogP contribution in [0.5, 0.6) is 11.6 Å². The molecule has 2 aromatic heterocycles. The van der Waals surface area contributed by atoms with Crippen LogP contribution in [0.1, 0.15) is 17.3 Å². The molecule has 18 heavy (non-hydrogen) atoms. The van der Waals surface area contributed by atoms with Crippen molar-refractivity contribution in [2.45, 2.75) is 13.5 Å². The number of pyridine rings is 1. The van der Waals surface area contributed by atoms with E-state index in [0.717, 1.165) is 6.54 Å². The fourth-order valence-corrected chi connectivity index (χ4v) is 1.51. The van der Waals surface area contributed by atoms with Gasteiger partial charge in [0.25, 0.3) is 0 Å². The number of carboxylic acid groups (broad SMARTS) is 1. The highest BCUT2D eigenvalue weighted by Crippen LogP contribution is 2.23. The number of rotatable bonds is 4. The van der Waals surface area contributed by atoms with Gasteiger partial charge < -0.3 is 9.84 Å². The second-order valence-corrected chi connectivity index (χ2v) is 3.85. The Balaban J connectivity index is 2.24. The summed E-state index contributed by atoms with van der Waals surface area (Å²) in [7, 11) is 0. The van der Waals surface area contributed by atoms with Crippen molar-refractivity contribution in [3.63, 3.8) is 0 Å². The molecule has 6 nitrogen and oxygen atoms in total. The van der Waals surface area contributed by atoms with Crippen molar-refractivity contribution in [2.24, 2.45) is 0 Å². The molecular weight excluding hydrogens is 258 g/mol. The molecule has 0 aliphatic heterocycles. The highest BCUT2D eigenvalue weighted by Gasteiger charge is 2.12. The van der Waals surface area contributed by atoms with E-state index in [1.165, 1.54) is 18.5 Å². The molecule has 0 bridgehead atoms. The average Bonchev–Trinajstić information content (AvgIpc) is 2.79.